The number of aromatic nitrogens is 2. The van der Waals surface area contributed by atoms with E-state index in [1.54, 1.807) is 20.2 Å². The molecular formula is C13H22BrN3O3. The van der Waals surface area contributed by atoms with E-state index in [-0.39, 0.29) is 11.6 Å². The summed E-state index contributed by atoms with van der Waals surface area (Å²) in [5.74, 6) is 0. The van der Waals surface area contributed by atoms with Gasteiger partial charge in [0.15, 0.2) is 0 Å². The van der Waals surface area contributed by atoms with E-state index in [1.165, 1.54) is 4.68 Å². The normalized spacial score (nSPS) is 14.3. The Hall–Kier alpha value is -0.920. The molecule has 0 saturated carbocycles. The Morgan fingerprint density at radius 2 is 2.25 bits per heavy atom. The Kier molecular flexibility index (Phi) is 6.16. The number of rotatable bonds is 7. The van der Waals surface area contributed by atoms with Crippen LogP contribution in [0.2, 0.25) is 0 Å². The largest absolute Gasteiger partial charge is 0.388 e. The summed E-state index contributed by atoms with van der Waals surface area (Å²) < 4.78 is 6.77. The predicted molar refractivity (Wildman–Crippen MR) is 82.2 cm³/mol. The summed E-state index contributed by atoms with van der Waals surface area (Å²) in [5, 5.41) is 17.3. The van der Waals surface area contributed by atoms with Crippen LogP contribution < -0.4 is 10.9 Å². The maximum absolute atomic E-state index is 12.1. The molecule has 0 aromatic carbocycles. The fourth-order valence-electron chi connectivity index (χ4n) is 1.63. The SMILES string of the molecule is COCCC(C)(O)CNc1cnn(C(C)C)c(=O)c1Br. The molecule has 1 heterocycles. The number of aliphatic hydroxyl groups is 1. The zero-order chi connectivity index (χ0) is 15.3. The van der Waals surface area contributed by atoms with Crippen molar-refractivity contribution in [2.24, 2.45) is 0 Å². The zero-order valence-electron chi connectivity index (χ0n) is 12.3. The van der Waals surface area contributed by atoms with Gasteiger partial charge in [-0.3, -0.25) is 4.79 Å². The van der Waals surface area contributed by atoms with Gasteiger partial charge in [-0.2, -0.15) is 5.10 Å². The van der Waals surface area contributed by atoms with Gasteiger partial charge in [-0.15, -0.1) is 0 Å². The number of methoxy groups -OCH3 is 1. The summed E-state index contributed by atoms with van der Waals surface area (Å²) in [5.41, 5.74) is -0.534. The van der Waals surface area contributed by atoms with Crippen molar-refractivity contribution in [1.29, 1.82) is 0 Å². The minimum Gasteiger partial charge on any atom is -0.388 e. The summed E-state index contributed by atoms with van der Waals surface area (Å²) in [6.45, 7) is 6.29. The number of anilines is 1. The minimum atomic E-state index is -0.914. The molecule has 20 heavy (non-hydrogen) atoms. The van der Waals surface area contributed by atoms with E-state index in [0.717, 1.165) is 0 Å². The third-order valence-corrected chi connectivity index (χ3v) is 3.70. The molecular weight excluding hydrogens is 326 g/mol. The Morgan fingerprint density at radius 3 is 2.80 bits per heavy atom. The smallest absolute Gasteiger partial charge is 0.283 e. The van der Waals surface area contributed by atoms with Gasteiger partial charge in [0.05, 0.1) is 23.5 Å². The molecule has 7 heteroatoms. The van der Waals surface area contributed by atoms with E-state index >= 15 is 0 Å². The van der Waals surface area contributed by atoms with Crippen LogP contribution in [0.4, 0.5) is 5.69 Å². The number of hydrogen-bond donors (Lipinski definition) is 2. The maximum atomic E-state index is 12.1. The van der Waals surface area contributed by atoms with Crippen molar-refractivity contribution in [3.63, 3.8) is 0 Å². The van der Waals surface area contributed by atoms with Crippen molar-refractivity contribution < 1.29 is 9.84 Å². The second-order valence-corrected chi connectivity index (χ2v) is 6.10. The highest BCUT2D eigenvalue weighted by Gasteiger charge is 2.20. The Balaban J connectivity index is 2.80. The molecule has 114 valence electrons. The third kappa shape index (κ3) is 4.57. The van der Waals surface area contributed by atoms with Crippen molar-refractivity contribution in [2.45, 2.75) is 38.8 Å². The van der Waals surface area contributed by atoms with Gasteiger partial charge in [-0.1, -0.05) is 0 Å². The van der Waals surface area contributed by atoms with Crippen molar-refractivity contribution >= 4 is 21.6 Å². The molecule has 0 spiro atoms. The number of nitrogens with zero attached hydrogens (tertiary/aromatic N) is 2. The number of hydrogen-bond acceptors (Lipinski definition) is 5. The first-order valence-electron chi connectivity index (χ1n) is 6.51. The Morgan fingerprint density at radius 1 is 1.60 bits per heavy atom. The molecule has 0 fully saturated rings. The summed E-state index contributed by atoms with van der Waals surface area (Å²) >= 11 is 3.28. The van der Waals surface area contributed by atoms with Crippen molar-refractivity contribution in [1.82, 2.24) is 9.78 Å². The molecule has 0 aliphatic heterocycles. The molecule has 6 nitrogen and oxygen atoms in total. The van der Waals surface area contributed by atoms with Gasteiger partial charge in [0.25, 0.3) is 5.56 Å². The molecule has 1 atom stereocenters. The van der Waals surface area contributed by atoms with Crippen LogP contribution >= 0.6 is 15.9 Å². The molecule has 0 bridgehead atoms. The van der Waals surface area contributed by atoms with E-state index in [0.29, 0.717) is 29.7 Å². The highest BCUT2D eigenvalue weighted by molar-refractivity contribution is 9.10. The average molecular weight is 348 g/mol. The monoisotopic (exact) mass is 347 g/mol. The second-order valence-electron chi connectivity index (χ2n) is 5.31. The Bertz CT molecular complexity index is 500. The molecule has 1 rings (SSSR count). The summed E-state index contributed by atoms with van der Waals surface area (Å²) in [6.07, 6.45) is 2.09. The van der Waals surface area contributed by atoms with Gasteiger partial charge in [0.2, 0.25) is 0 Å². The second kappa shape index (κ2) is 7.19. The number of ether oxygens (including phenoxy) is 1. The lowest BCUT2D eigenvalue weighted by Crippen LogP contribution is -2.35. The van der Waals surface area contributed by atoms with Gasteiger partial charge in [-0.25, -0.2) is 4.68 Å². The molecule has 0 aliphatic carbocycles. The first kappa shape index (κ1) is 17.1. The van der Waals surface area contributed by atoms with E-state index in [2.05, 4.69) is 26.3 Å². The molecule has 0 radical (unpaired) electrons. The summed E-state index contributed by atoms with van der Waals surface area (Å²) in [7, 11) is 1.59. The predicted octanol–water partition coefficient (Wildman–Crippen LogP) is 1.79. The summed E-state index contributed by atoms with van der Waals surface area (Å²) in [4.78, 5) is 12.1. The van der Waals surface area contributed by atoms with E-state index < -0.39 is 5.60 Å². The first-order valence-corrected chi connectivity index (χ1v) is 7.30. The lowest BCUT2D eigenvalue weighted by molar-refractivity contribution is 0.0357. The van der Waals surface area contributed by atoms with Gasteiger partial charge >= 0.3 is 0 Å². The Labute approximate surface area is 127 Å². The van der Waals surface area contributed by atoms with Crippen LogP contribution in [0, 0.1) is 0 Å². The van der Waals surface area contributed by atoms with Crippen molar-refractivity contribution in [2.75, 3.05) is 25.6 Å². The van der Waals surface area contributed by atoms with Gasteiger partial charge < -0.3 is 15.2 Å². The average Bonchev–Trinajstić information content (AvgIpc) is 2.38. The van der Waals surface area contributed by atoms with Crippen LogP contribution in [0.1, 0.15) is 33.2 Å². The van der Waals surface area contributed by atoms with Gasteiger partial charge in [0.1, 0.15) is 4.47 Å². The molecule has 1 unspecified atom stereocenters. The number of nitrogens with one attached hydrogen (secondary N) is 1. The fraction of sp³-hybridized carbons (Fsp3) is 0.692. The lowest BCUT2D eigenvalue weighted by atomic mass is 10.0. The fourth-order valence-corrected chi connectivity index (χ4v) is 2.06. The third-order valence-electron chi connectivity index (χ3n) is 2.94. The van der Waals surface area contributed by atoms with Crippen LogP contribution in [0.5, 0.6) is 0 Å². The molecule has 1 aromatic rings. The molecule has 1 aromatic heterocycles. The van der Waals surface area contributed by atoms with Crippen LogP contribution in [0.25, 0.3) is 0 Å². The first-order chi connectivity index (χ1) is 9.28. The van der Waals surface area contributed by atoms with E-state index in [9.17, 15) is 9.90 Å². The van der Waals surface area contributed by atoms with Crippen molar-refractivity contribution in [3.8, 4) is 0 Å². The molecule has 0 aliphatic rings. The quantitative estimate of drug-likeness (QED) is 0.786. The highest BCUT2D eigenvalue weighted by Crippen LogP contribution is 2.19. The molecule has 2 N–H and O–H groups in total. The molecule has 0 amide bonds. The lowest BCUT2D eigenvalue weighted by Gasteiger charge is -2.24. The number of halogens is 1. The summed E-state index contributed by atoms with van der Waals surface area (Å²) in [6, 6.07) is -0.00217. The van der Waals surface area contributed by atoms with Crippen LogP contribution in [0.15, 0.2) is 15.5 Å². The highest BCUT2D eigenvalue weighted by atomic mass is 79.9. The van der Waals surface area contributed by atoms with Crippen LogP contribution in [-0.2, 0) is 4.74 Å². The topological polar surface area (TPSA) is 76.4 Å². The van der Waals surface area contributed by atoms with Crippen LogP contribution in [-0.4, -0.2) is 40.7 Å². The standard InChI is InChI=1S/C13H22BrN3O3/c1-9(2)17-12(18)11(14)10(7-16-17)15-8-13(3,19)5-6-20-4/h7,9,15,19H,5-6,8H2,1-4H3. The minimum absolute atomic E-state index is 0.00217. The van der Waals surface area contributed by atoms with E-state index in [1.807, 2.05) is 13.8 Å². The molecule has 0 saturated heterocycles. The van der Waals surface area contributed by atoms with E-state index in [4.69, 9.17) is 4.74 Å². The van der Waals surface area contributed by atoms with Crippen molar-refractivity contribution in [3.05, 3.63) is 21.0 Å². The van der Waals surface area contributed by atoms with Gasteiger partial charge in [0, 0.05) is 26.7 Å². The van der Waals surface area contributed by atoms with Gasteiger partial charge in [-0.05, 0) is 36.7 Å². The maximum Gasteiger partial charge on any atom is 0.283 e. The van der Waals surface area contributed by atoms with Crippen LogP contribution in [0.3, 0.4) is 0 Å². The zero-order valence-corrected chi connectivity index (χ0v) is 13.9.